The number of fused-ring (bicyclic) bond motifs is 1. The van der Waals surface area contributed by atoms with Gasteiger partial charge >= 0.3 is 0 Å². The van der Waals surface area contributed by atoms with Gasteiger partial charge in [0, 0.05) is 11.8 Å². The van der Waals surface area contributed by atoms with E-state index >= 15 is 0 Å². The third-order valence-corrected chi connectivity index (χ3v) is 5.29. The van der Waals surface area contributed by atoms with E-state index in [9.17, 15) is 9.90 Å². The fourth-order valence-corrected chi connectivity index (χ4v) is 3.53. The van der Waals surface area contributed by atoms with Crippen molar-refractivity contribution in [1.29, 1.82) is 0 Å². The van der Waals surface area contributed by atoms with Crippen molar-refractivity contribution in [3.05, 3.63) is 66.4 Å². The second kappa shape index (κ2) is 6.27. The summed E-state index contributed by atoms with van der Waals surface area (Å²) in [4.78, 5) is 17.3. The van der Waals surface area contributed by atoms with Gasteiger partial charge < -0.3 is 19.9 Å². The van der Waals surface area contributed by atoms with Gasteiger partial charge in [0.1, 0.15) is 11.6 Å². The standard InChI is InChI=1S/C22H18N2O4/c25-17-3-1-2-14(10-17)15-4-7-20(23-12-15)24-21(26)22(8-9-22)16-5-6-18-19(11-16)28-13-27-18/h1-7,10-12,25H,8-9,13H2,(H,23,24,26). The Morgan fingerprint density at radius 2 is 1.86 bits per heavy atom. The Balaban J connectivity index is 1.34. The zero-order chi connectivity index (χ0) is 19.1. The number of aromatic hydroxyl groups is 1. The van der Waals surface area contributed by atoms with Crippen LogP contribution in [0.25, 0.3) is 11.1 Å². The van der Waals surface area contributed by atoms with Crippen molar-refractivity contribution >= 4 is 11.7 Å². The van der Waals surface area contributed by atoms with Crippen LogP contribution in [0.3, 0.4) is 0 Å². The highest BCUT2D eigenvalue weighted by Gasteiger charge is 2.51. The SMILES string of the molecule is O=C(Nc1ccc(-c2cccc(O)c2)cn1)C1(c2ccc3c(c2)OCO3)CC1. The van der Waals surface area contributed by atoms with Gasteiger partial charge in [0.05, 0.1) is 5.41 Å². The molecule has 1 aliphatic carbocycles. The zero-order valence-corrected chi connectivity index (χ0v) is 15.0. The monoisotopic (exact) mass is 374 g/mol. The zero-order valence-electron chi connectivity index (χ0n) is 15.0. The summed E-state index contributed by atoms with van der Waals surface area (Å²) in [6.07, 6.45) is 3.27. The molecule has 2 aromatic carbocycles. The van der Waals surface area contributed by atoms with Crippen LogP contribution in [-0.4, -0.2) is 22.8 Å². The van der Waals surface area contributed by atoms with Gasteiger partial charge in [-0.05, 0) is 60.4 Å². The molecule has 1 fully saturated rings. The number of hydrogen-bond acceptors (Lipinski definition) is 5. The number of ether oxygens (including phenoxy) is 2. The van der Waals surface area contributed by atoms with Crippen molar-refractivity contribution < 1.29 is 19.4 Å². The molecule has 0 unspecified atom stereocenters. The minimum absolute atomic E-state index is 0.0658. The molecule has 2 heterocycles. The molecule has 6 heteroatoms. The number of benzene rings is 2. The molecule has 1 saturated carbocycles. The Morgan fingerprint density at radius 3 is 2.61 bits per heavy atom. The second-order valence-electron chi connectivity index (χ2n) is 7.09. The Morgan fingerprint density at radius 1 is 1.00 bits per heavy atom. The first-order valence-corrected chi connectivity index (χ1v) is 9.11. The predicted molar refractivity (Wildman–Crippen MR) is 103 cm³/mol. The van der Waals surface area contributed by atoms with E-state index in [-0.39, 0.29) is 18.4 Å². The third-order valence-electron chi connectivity index (χ3n) is 5.29. The molecule has 0 bridgehead atoms. The molecule has 28 heavy (non-hydrogen) atoms. The molecule has 1 amide bonds. The maximum Gasteiger partial charge on any atom is 0.236 e. The maximum absolute atomic E-state index is 12.9. The van der Waals surface area contributed by atoms with E-state index in [1.807, 2.05) is 30.3 Å². The van der Waals surface area contributed by atoms with Gasteiger partial charge in [-0.3, -0.25) is 4.79 Å². The van der Waals surface area contributed by atoms with Gasteiger partial charge in [-0.25, -0.2) is 4.98 Å². The highest BCUT2D eigenvalue weighted by Crippen LogP contribution is 2.51. The Hall–Kier alpha value is -3.54. The van der Waals surface area contributed by atoms with Gasteiger partial charge in [-0.1, -0.05) is 18.2 Å². The molecule has 140 valence electrons. The van der Waals surface area contributed by atoms with Crippen molar-refractivity contribution in [2.24, 2.45) is 0 Å². The van der Waals surface area contributed by atoms with Gasteiger partial charge in [0.2, 0.25) is 12.7 Å². The summed E-state index contributed by atoms with van der Waals surface area (Å²) in [6.45, 7) is 0.216. The molecule has 0 radical (unpaired) electrons. The predicted octanol–water partition coefficient (Wildman–Crippen LogP) is 3.85. The summed E-state index contributed by atoms with van der Waals surface area (Å²) in [5.41, 5.74) is 2.13. The molecule has 1 aliphatic heterocycles. The Labute approximate surface area is 161 Å². The van der Waals surface area contributed by atoms with Crippen molar-refractivity contribution in [3.63, 3.8) is 0 Å². The number of carbonyl (C=O) groups is 1. The molecule has 3 aromatic rings. The summed E-state index contributed by atoms with van der Waals surface area (Å²) in [6, 6.07) is 16.3. The molecule has 2 N–H and O–H groups in total. The van der Waals surface area contributed by atoms with E-state index < -0.39 is 5.41 Å². The number of carbonyl (C=O) groups excluding carboxylic acids is 1. The highest BCUT2D eigenvalue weighted by molar-refractivity contribution is 6.01. The third kappa shape index (κ3) is 2.83. The molecule has 5 rings (SSSR count). The van der Waals surface area contributed by atoms with E-state index in [1.165, 1.54) is 0 Å². The van der Waals surface area contributed by atoms with E-state index in [0.717, 1.165) is 29.5 Å². The lowest BCUT2D eigenvalue weighted by Crippen LogP contribution is -2.28. The first-order chi connectivity index (χ1) is 13.6. The number of hydrogen-bond donors (Lipinski definition) is 2. The Kier molecular flexibility index (Phi) is 3.72. The number of phenolic OH excluding ortho intramolecular Hbond substituents is 1. The lowest BCUT2D eigenvalue weighted by Gasteiger charge is -2.16. The van der Waals surface area contributed by atoms with Crippen molar-refractivity contribution in [3.8, 4) is 28.4 Å². The van der Waals surface area contributed by atoms with Gasteiger partial charge in [0.15, 0.2) is 11.5 Å². The van der Waals surface area contributed by atoms with Crippen LogP contribution in [0.15, 0.2) is 60.8 Å². The average molecular weight is 374 g/mol. The first-order valence-electron chi connectivity index (χ1n) is 9.11. The van der Waals surface area contributed by atoms with Crippen LogP contribution in [0.4, 0.5) is 5.82 Å². The maximum atomic E-state index is 12.9. The highest BCUT2D eigenvalue weighted by atomic mass is 16.7. The van der Waals surface area contributed by atoms with Crippen LogP contribution >= 0.6 is 0 Å². The summed E-state index contributed by atoms with van der Waals surface area (Å²) < 4.78 is 10.8. The van der Waals surface area contributed by atoms with Crippen LogP contribution in [0.1, 0.15) is 18.4 Å². The van der Waals surface area contributed by atoms with Crippen LogP contribution < -0.4 is 14.8 Å². The fraction of sp³-hybridized carbons (Fsp3) is 0.182. The van der Waals surface area contributed by atoms with Gasteiger partial charge in [-0.2, -0.15) is 0 Å². The quantitative estimate of drug-likeness (QED) is 0.725. The first kappa shape index (κ1) is 16.6. The molecule has 0 saturated heterocycles. The van der Waals surface area contributed by atoms with Crippen LogP contribution in [0.5, 0.6) is 17.2 Å². The summed E-state index contributed by atoms with van der Waals surface area (Å²) >= 11 is 0. The molecule has 0 spiro atoms. The molecular formula is C22H18N2O4. The van der Waals surface area contributed by atoms with Crippen LogP contribution in [-0.2, 0) is 10.2 Å². The number of amides is 1. The number of anilines is 1. The van der Waals surface area contributed by atoms with Crippen molar-refractivity contribution in [2.45, 2.75) is 18.3 Å². The number of phenols is 1. The largest absolute Gasteiger partial charge is 0.508 e. The summed E-state index contributed by atoms with van der Waals surface area (Å²) in [5.74, 6) is 2.04. The second-order valence-corrected chi connectivity index (χ2v) is 7.09. The molecule has 6 nitrogen and oxygen atoms in total. The molecule has 2 aliphatic rings. The van der Waals surface area contributed by atoms with Gasteiger partial charge in [0.25, 0.3) is 0 Å². The Bertz CT molecular complexity index is 1060. The molecular weight excluding hydrogens is 356 g/mol. The number of rotatable bonds is 4. The van der Waals surface area contributed by atoms with Crippen molar-refractivity contribution in [2.75, 3.05) is 12.1 Å². The van der Waals surface area contributed by atoms with E-state index in [0.29, 0.717) is 17.3 Å². The van der Waals surface area contributed by atoms with Gasteiger partial charge in [-0.15, -0.1) is 0 Å². The number of pyridine rings is 1. The lowest BCUT2D eigenvalue weighted by atomic mass is 9.94. The van der Waals surface area contributed by atoms with Crippen LogP contribution in [0, 0.1) is 0 Å². The number of nitrogens with one attached hydrogen (secondary N) is 1. The normalized spacial score (nSPS) is 15.9. The van der Waals surface area contributed by atoms with Crippen molar-refractivity contribution in [1.82, 2.24) is 4.98 Å². The molecule has 0 atom stereocenters. The fourth-order valence-electron chi connectivity index (χ4n) is 3.53. The number of nitrogens with zero attached hydrogens (tertiary/aromatic N) is 1. The molecule has 1 aromatic heterocycles. The smallest absolute Gasteiger partial charge is 0.236 e. The lowest BCUT2D eigenvalue weighted by molar-refractivity contribution is -0.118. The van der Waals surface area contributed by atoms with E-state index in [2.05, 4.69) is 10.3 Å². The van der Waals surface area contributed by atoms with E-state index in [4.69, 9.17) is 9.47 Å². The average Bonchev–Trinajstić information content (AvgIpc) is 3.40. The minimum atomic E-state index is -0.535. The van der Waals surface area contributed by atoms with Crippen LogP contribution in [0.2, 0.25) is 0 Å². The minimum Gasteiger partial charge on any atom is -0.508 e. The van der Waals surface area contributed by atoms with E-state index in [1.54, 1.807) is 30.5 Å². The summed E-state index contributed by atoms with van der Waals surface area (Å²) in [5, 5.41) is 12.5. The number of aromatic nitrogens is 1. The topological polar surface area (TPSA) is 80.7 Å². The summed E-state index contributed by atoms with van der Waals surface area (Å²) in [7, 11) is 0.